The minimum atomic E-state index is -6.09. The lowest BCUT2D eigenvalue weighted by atomic mass is 10.1. The molecule has 0 aromatic rings. The van der Waals surface area contributed by atoms with E-state index in [2.05, 4.69) is 13.8 Å². The first-order valence-electron chi connectivity index (χ1n) is 7.50. The van der Waals surface area contributed by atoms with Crippen molar-refractivity contribution in [2.75, 3.05) is 13.1 Å². The normalized spacial score (nSPS) is 22.8. The van der Waals surface area contributed by atoms with Crippen LogP contribution in [0.1, 0.15) is 58.8 Å². The van der Waals surface area contributed by atoms with Gasteiger partial charge in [0.2, 0.25) is 0 Å². The van der Waals surface area contributed by atoms with Crippen LogP contribution in [0.3, 0.4) is 0 Å². The number of unbranched alkanes of at least 4 members (excludes halogenated alkanes) is 2. The third-order valence-electron chi connectivity index (χ3n) is 3.65. The van der Waals surface area contributed by atoms with Gasteiger partial charge in [-0.3, -0.25) is 0 Å². The number of hydrogen-bond donors (Lipinski definition) is 1. The molecule has 0 bridgehead atoms. The maximum Gasteiger partial charge on any atom is 0.485 e. The molecule has 1 heterocycles. The van der Waals surface area contributed by atoms with E-state index in [0.717, 1.165) is 6.04 Å². The Morgan fingerprint density at radius 2 is 1.76 bits per heavy atom. The van der Waals surface area contributed by atoms with Crippen molar-refractivity contribution in [3.63, 3.8) is 0 Å². The minimum absolute atomic E-state index is 1.02. The third kappa shape index (κ3) is 8.63. The van der Waals surface area contributed by atoms with Crippen LogP contribution in [0.25, 0.3) is 0 Å². The molecule has 4 nitrogen and oxygen atoms in total. The zero-order valence-electron chi connectivity index (χ0n) is 12.7. The molecule has 8 heteroatoms. The van der Waals surface area contributed by atoms with E-state index in [9.17, 15) is 13.2 Å². The van der Waals surface area contributed by atoms with Crippen molar-refractivity contribution >= 4 is 10.1 Å². The van der Waals surface area contributed by atoms with Gasteiger partial charge in [-0.1, -0.05) is 26.7 Å². The van der Waals surface area contributed by atoms with Gasteiger partial charge in [0.05, 0.1) is 19.1 Å². The van der Waals surface area contributed by atoms with Crippen molar-refractivity contribution in [3.8, 4) is 0 Å². The molecule has 21 heavy (non-hydrogen) atoms. The van der Waals surface area contributed by atoms with Crippen LogP contribution >= 0.6 is 0 Å². The van der Waals surface area contributed by atoms with Gasteiger partial charge in [-0.15, -0.1) is 0 Å². The van der Waals surface area contributed by atoms with Crippen molar-refractivity contribution in [1.82, 2.24) is 0 Å². The van der Waals surface area contributed by atoms with Crippen LogP contribution in [-0.4, -0.2) is 37.6 Å². The highest BCUT2D eigenvalue weighted by Crippen LogP contribution is 2.20. The first kappa shape index (κ1) is 20.7. The smallest absolute Gasteiger partial charge is 0.485 e. The molecule has 1 saturated heterocycles. The average Bonchev–Trinajstić information content (AvgIpc) is 2.76. The summed E-state index contributed by atoms with van der Waals surface area (Å²) in [6.45, 7) is 7.51. The Morgan fingerprint density at radius 1 is 1.19 bits per heavy atom. The molecule has 0 aromatic carbocycles. The van der Waals surface area contributed by atoms with Gasteiger partial charge in [-0.05, 0) is 19.3 Å². The first-order chi connectivity index (χ1) is 9.63. The molecule has 0 spiro atoms. The number of nitrogens with one attached hydrogen (secondary N) is 1. The average molecular weight is 333 g/mol. The second kappa shape index (κ2) is 9.63. The van der Waals surface area contributed by atoms with Crippen LogP contribution in [0.2, 0.25) is 0 Å². The van der Waals surface area contributed by atoms with Crippen LogP contribution in [0, 0.1) is 0 Å². The Balaban J connectivity index is 0.000000433. The van der Waals surface area contributed by atoms with E-state index in [4.69, 9.17) is 13.0 Å². The Labute approximate surface area is 125 Å². The van der Waals surface area contributed by atoms with Crippen molar-refractivity contribution in [1.29, 1.82) is 0 Å². The van der Waals surface area contributed by atoms with Crippen molar-refractivity contribution < 1.29 is 31.0 Å². The summed E-state index contributed by atoms with van der Waals surface area (Å²) >= 11 is 0. The Bertz CT molecular complexity index is 371. The van der Waals surface area contributed by atoms with E-state index in [1.54, 1.807) is 0 Å². The van der Waals surface area contributed by atoms with Crippen molar-refractivity contribution in [3.05, 3.63) is 0 Å². The quantitative estimate of drug-likeness (QED) is 0.460. The molecule has 1 aliphatic heterocycles. The second-order valence-corrected chi connectivity index (χ2v) is 6.76. The summed E-state index contributed by atoms with van der Waals surface area (Å²) < 4.78 is 58.9. The van der Waals surface area contributed by atoms with Crippen LogP contribution < -0.4 is 4.90 Å². The van der Waals surface area contributed by atoms with Gasteiger partial charge in [0.25, 0.3) is 0 Å². The lowest BCUT2D eigenvalue weighted by Gasteiger charge is -2.20. The predicted octanol–water partition coefficient (Wildman–Crippen LogP) is 2.08. The van der Waals surface area contributed by atoms with Gasteiger partial charge in [0, 0.05) is 12.8 Å². The SMILES string of the molecule is CCCCC[NH+]1CCCC1CCC.O=S(=O)([O-])C(F)(F)F. The fourth-order valence-electron chi connectivity index (χ4n) is 2.61. The lowest BCUT2D eigenvalue weighted by molar-refractivity contribution is -0.912. The Kier molecular flexibility index (Phi) is 9.48. The number of halogens is 3. The number of likely N-dealkylation sites (tertiary alicyclic amines) is 1. The molecular formula is C13H26F3NO3S. The van der Waals surface area contributed by atoms with E-state index >= 15 is 0 Å². The Morgan fingerprint density at radius 3 is 2.19 bits per heavy atom. The first-order valence-corrected chi connectivity index (χ1v) is 8.91. The summed E-state index contributed by atoms with van der Waals surface area (Å²) in [6, 6.07) is 1.02. The molecule has 128 valence electrons. The summed E-state index contributed by atoms with van der Waals surface area (Å²) in [5.41, 5.74) is -5.65. The van der Waals surface area contributed by atoms with Crippen LogP contribution in [0.4, 0.5) is 13.2 Å². The van der Waals surface area contributed by atoms with E-state index in [-0.39, 0.29) is 0 Å². The molecule has 1 rings (SSSR count). The number of hydrogen-bond acceptors (Lipinski definition) is 3. The summed E-state index contributed by atoms with van der Waals surface area (Å²) in [4.78, 5) is 1.91. The second-order valence-electron chi connectivity index (χ2n) is 5.39. The highest BCUT2D eigenvalue weighted by Gasteiger charge is 2.36. The molecule has 2 unspecified atom stereocenters. The van der Waals surface area contributed by atoms with Crippen LogP contribution in [0.15, 0.2) is 0 Å². The molecule has 0 aliphatic carbocycles. The topological polar surface area (TPSA) is 61.6 Å². The van der Waals surface area contributed by atoms with Gasteiger partial charge >= 0.3 is 5.51 Å². The van der Waals surface area contributed by atoms with E-state index in [1.807, 2.05) is 4.90 Å². The molecular weight excluding hydrogens is 307 g/mol. The summed E-state index contributed by atoms with van der Waals surface area (Å²) in [7, 11) is -6.09. The highest BCUT2D eigenvalue weighted by molar-refractivity contribution is 7.86. The molecule has 0 saturated carbocycles. The van der Waals surface area contributed by atoms with Gasteiger partial charge in [0.1, 0.15) is 0 Å². The molecule has 0 amide bonds. The molecule has 1 aliphatic rings. The van der Waals surface area contributed by atoms with Gasteiger partial charge in [-0.2, -0.15) is 13.2 Å². The Hall–Kier alpha value is -0.340. The lowest BCUT2D eigenvalue weighted by Crippen LogP contribution is -3.13. The number of alkyl halides is 3. The number of quaternary nitrogens is 1. The summed E-state index contributed by atoms with van der Waals surface area (Å²) in [6.07, 6.45) is 10.1. The molecule has 1 fully saturated rings. The maximum atomic E-state index is 10.7. The van der Waals surface area contributed by atoms with Gasteiger partial charge < -0.3 is 9.45 Å². The standard InChI is InChI=1S/C12H25N.CHF3O3S/c1-3-5-6-10-13-11-7-9-12(13)8-4-2;2-1(3,4)8(5,6)7/h12H,3-11H2,1-2H3;(H,5,6,7). The monoisotopic (exact) mass is 333 g/mol. The van der Waals surface area contributed by atoms with Crippen LogP contribution in [0.5, 0.6) is 0 Å². The van der Waals surface area contributed by atoms with Gasteiger partial charge in [-0.25, -0.2) is 8.42 Å². The maximum absolute atomic E-state index is 10.7. The highest BCUT2D eigenvalue weighted by atomic mass is 32.2. The molecule has 0 radical (unpaired) electrons. The summed E-state index contributed by atoms with van der Waals surface area (Å²) in [5.74, 6) is 0. The third-order valence-corrected chi connectivity index (χ3v) is 4.22. The van der Waals surface area contributed by atoms with E-state index < -0.39 is 15.6 Å². The fourth-order valence-corrected chi connectivity index (χ4v) is 2.61. The van der Waals surface area contributed by atoms with E-state index in [1.165, 1.54) is 58.0 Å². The summed E-state index contributed by atoms with van der Waals surface area (Å²) in [5, 5.41) is 0. The van der Waals surface area contributed by atoms with Crippen molar-refractivity contribution in [2.45, 2.75) is 70.3 Å². The zero-order valence-corrected chi connectivity index (χ0v) is 13.5. The molecule has 0 aromatic heterocycles. The number of rotatable bonds is 6. The van der Waals surface area contributed by atoms with Crippen LogP contribution in [-0.2, 0) is 10.1 Å². The fraction of sp³-hybridized carbons (Fsp3) is 1.00. The molecule has 1 N–H and O–H groups in total. The predicted molar refractivity (Wildman–Crippen MR) is 73.9 cm³/mol. The van der Waals surface area contributed by atoms with Gasteiger partial charge in [0.15, 0.2) is 10.1 Å². The largest absolute Gasteiger partial charge is 0.741 e. The minimum Gasteiger partial charge on any atom is -0.741 e. The van der Waals surface area contributed by atoms with Crippen molar-refractivity contribution in [2.24, 2.45) is 0 Å². The zero-order chi connectivity index (χ0) is 16.5. The van der Waals surface area contributed by atoms with E-state index in [0.29, 0.717) is 0 Å². The molecule has 2 atom stereocenters.